The number of nitrogens with one attached hydrogen (secondary N) is 1. The molecule has 2 aromatic carbocycles. The summed E-state index contributed by atoms with van der Waals surface area (Å²) in [6.45, 7) is 5.93. The first kappa shape index (κ1) is 27.2. The van der Waals surface area contributed by atoms with Gasteiger partial charge in [0.25, 0.3) is 0 Å². The highest BCUT2D eigenvalue weighted by molar-refractivity contribution is 7.92. The van der Waals surface area contributed by atoms with Gasteiger partial charge in [-0.3, -0.25) is 13.9 Å². The van der Waals surface area contributed by atoms with Crippen LogP contribution in [0.5, 0.6) is 5.75 Å². The van der Waals surface area contributed by atoms with Crippen molar-refractivity contribution in [3.05, 3.63) is 59.2 Å². The largest absolute Gasteiger partial charge is 0.497 e. The molecule has 0 aromatic heterocycles. The molecule has 1 N–H and O–H groups in total. The number of ether oxygens (including phenoxy) is 1. The number of amides is 2. The van der Waals surface area contributed by atoms with Gasteiger partial charge in [0.15, 0.2) is 0 Å². The van der Waals surface area contributed by atoms with Crippen molar-refractivity contribution in [2.75, 3.05) is 31.3 Å². The van der Waals surface area contributed by atoms with Gasteiger partial charge in [-0.2, -0.15) is 0 Å². The molecule has 186 valence electrons. The molecule has 9 heteroatoms. The van der Waals surface area contributed by atoms with E-state index < -0.39 is 16.1 Å². The van der Waals surface area contributed by atoms with Crippen LogP contribution in [0.2, 0.25) is 0 Å². The standard InChI is InChI=1S/C25H35N3O5S/c1-18-14-19(2)16-22(15-18)28(34(6,31)32)13-7-8-24(29)27(20(3)25(30)26-4)17-21-9-11-23(33-5)12-10-21/h9-12,14-16,20H,7-8,13,17H2,1-6H3,(H,26,30)/t20-/m1/s1. The third-order valence-corrected chi connectivity index (χ3v) is 6.77. The number of likely N-dealkylation sites (N-methyl/N-ethyl adjacent to an activating group) is 1. The summed E-state index contributed by atoms with van der Waals surface area (Å²) >= 11 is 0. The quantitative estimate of drug-likeness (QED) is 0.523. The molecule has 0 aliphatic carbocycles. The fourth-order valence-corrected chi connectivity index (χ4v) is 4.77. The molecule has 2 aromatic rings. The van der Waals surface area contributed by atoms with Crippen LogP contribution in [-0.2, 0) is 26.2 Å². The summed E-state index contributed by atoms with van der Waals surface area (Å²) in [5.41, 5.74) is 3.37. The average Bonchev–Trinajstić information content (AvgIpc) is 2.77. The number of methoxy groups -OCH3 is 1. The Balaban J connectivity index is 2.16. The first-order valence-corrected chi connectivity index (χ1v) is 13.0. The van der Waals surface area contributed by atoms with Crippen molar-refractivity contribution in [3.8, 4) is 5.75 Å². The van der Waals surface area contributed by atoms with Gasteiger partial charge < -0.3 is 15.0 Å². The molecular formula is C25H35N3O5S. The Morgan fingerprint density at radius 3 is 2.15 bits per heavy atom. The SMILES string of the molecule is CNC(=O)[C@@H](C)N(Cc1ccc(OC)cc1)C(=O)CCCN(c1cc(C)cc(C)c1)S(C)(=O)=O. The van der Waals surface area contributed by atoms with Gasteiger partial charge in [0, 0.05) is 26.6 Å². The molecule has 0 saturated carbocycles. The zero-order valence-electron chi connectivity index (χ0n) is 20.8. The van der Waals surface area contributed by atoms with Crippen LogP contribution in [0, 0.1) is 13.8 Å². The topological polar surface area (TPSA) is 96.0 Å². The lowest BCUT2D eigenvalue weighted by molar-refractivity contribution is -0.140. The van der Waals surface area contributed by atoms with Gasteiger partial charge in [0.1, 0.15) is 11.8 Å². The normalized spacial score (nSPS) is 12.1. The van der Waals surface area contributed by atoms with E-state index in [0.29, 0.717) is 17.9 Å². The maximum atomic E-state index is 13.2. The van der Waals surface area contributed by atoms with Crippen LogP contribution in [0.3, 0.4) is 0 Å². The molecule has 0 unspecified atom stereocenters. The first-order valence-electron chi connectivity index (χ1n) is 11.2. The van der Waals surface area contributed by atoms with Gasteiger partial charge in [0.2, 0.25) is 21.8 Å². The minimum absolute atomic E-state index is 0.105. The van der Waals surface area contributed by atoms with Gasteiger partial charge in [-0.15, -0.1) is 0 Å². The van der Waals surface area contributed by atoms with Crippen LogP contribution in [0.15, 0.2) is 42.5 Å². The summed E-state index contributed by atoms with van der Waals surface area (Å²) in [6.07, 6.45) is 1.59. The minimum atomic E-state index is -3.53. The number of nitrogens with zero attached hydrogens (tertiary/aromatic N) is 2. The molecule has 0 aliphatic heterocycles. The van der Waals surface area contributed by atoms with Crippen molar-refractivity contribution in [1.29, 1.82) is 0 Å². The Morgan fingerprint density at radius 2 is 1.65 bits per heavy atom. The molecule has 8 nitrogen and oxygen atoms in total. The van der Waals surface area contributed by atoms with Crippen molar-refractivity contribution in [3.63, 3.8) is 0 Å². The van der Waals surface area contributed by atoms with Crippen molar-refractivity contribution >= 4 is 27.5 Å². The number of anilines is 1. The van der Waals surface area contributed by atoms with E-state index in [-0.39, 0.29) is 31.3 Å². The van der Waals surface area contributed by atoms with Gasteiger partial charge in [-0.1, -0.05) is 18.2 Å². The van der Waals surface area contributed by atoms with E-state index in [9.17, 15) is 18.0 Å². The second-order valence-electron chi connectivity index (χ2n) is 8.44. The maximum absolute atomic E-state index is 13.2. The van der Waals surface area contributed by atoms with E-state index in [1.54, 1.807) is 26.2 Å². The molecule has 0 aliphatic rings. The predicted molar refractivity (Wildman–Crippen MR) is 134 cm³/mol. The predicted octanol–water partition coefficient (Wildman–Crippen LogP) is 3.02. The monoisotopic (exact) mass is 489 g/mol. The molecule has 2 amide bonds. The molecular weight excluding hydrogens is 454 g/mol. The number of sulfonamides is 1. The molecule has 0 heterocycles. The lowest BCUT2D eigenvalue weighted by Crippen LogP contribution is -2.46. The zero-order valence-corrected chi connectivity index (χ0v) is 21.6. The molecule has 0 fully saturated rings. The van der Waals surface area contributed by atoms with E-state index in [0.717, 1.165) is 22.9 Å². The summed E-state index contributed by atoms with van der Waals surface area (Å²) in [5.74, 6) is 0.212. The van der Waals surface area contributed by atoms with Gasteiger partial charge in [-0.05, 0) is 68.1 Å². The fraction of sp³-hybridized carbons (Fsp3) is 0.440. The second kappa shape index (κ2) is 11.9. The lowest BCUT2D eigenvalue weighted by atomic mass is 10.1. The van der Waals surface area contributed by atoms with Gasteiger partial charge in [-0.25, -0.2) is 8.42 Å². The highest BCUT2D eigenvalue weighted by atomic mass is 32.2. The van der Waals surface area contributed by atoms with Crippen LogP contribution < -0.4 is 14.4 Å². The Hall–Kier alpha value is -3.07. The van der Waals surface area contributed by atoms with Crippen LogP contribution in [0.25, 0.3) is 0 Å². The fourth-order valence-electron chi connectivity index (χ4n) is 3.82. The smallest absolute Gasteiger partial charge is 0.242 e. The second-order valence-corrected chi connectivity index (χ2v) is 10.4. The van der Waals surface area contributed by atoms with Crippen LogP contribution in [-0.4, -0.2) is 58.1 Å². The molecule has 0 bridgehead atoms. The Labute approximate surface area is 202 Å². The number of rotatable bonds is 11. The van der Waals surface area contributed by atoms with E-state index in [4.69, 9.17) is 4.74 Å². The van der Waals surface area contributed by atoms with Crippen LogP contribution in [0.1, 0.15) is 36.5 Å². The summed E-state index contributed by atoms with van der Waals surface area (Å²) in [5, 5.41) is 2.59. The molecule has 1 atom stereocenters. The third kappa shape index (κ3) is 7.48. The molecule has 0 spiro atoms. The molecule has 2 rings (SSSR count). The molecule has 0 radical (unpaired) electrons. The van der Waals surface area contributed by atoms with Crippen LogP contribution >= 0.6 is 0 Å². The first-order chi connectivity index (χ1) is 16.0. The Morgan fingerprint density at radius 1 is 1.06 bits per heavy atom. The summed E-state index contributed by atoms with van der Waals surface area (Å²) in [7, 11) is -0.416. The van der Waals surface area contributed by atoms with E-state index in [1.165, 1.54) is 16.3 Å². The third-order valence-electron chi connectivity index (χ3n) is 5.57. The highest BCUT2D eigenvalue weighted by Crippen LogP contribution is 2.22. The van der Waals surface area contributed by atoms with Gasteiger partial charge >= 0.3 is 0 Å². The van der Waals surface area contributed by atoms with E-state index in [2.05, 4.69) is 5.32 Å². The summed E-state index contributed by atoms with van der Waals surface area (Å²) in [6, 6.07) is 12.2. The number of benzene rings is 2. The number of carbonyl (C=O) groups excluding carboxylic acids is 2. The molecule has 0 saturated heterocycles. The highest BCUT2D eigenvalue weighted by Gasteiger charge is 2.26. The zero-order chi connectivity index (χ0) is 25.5. The van der Waals surface area contributed by atoms with Gasteiger partial charge in [0.05, 0.1) is 19.1 Å². The molecule has 34 heavy (non-hydrogen) atoms. The number of carbonyl (C=O) groups is 2. The number of hydrogen-bond acceptors (Lipinski definition) is 5. The Bertz CT molecular complexity index is 1080. The van der Waals surface area contributed by atoms with E-state index in [1.807, 2.05) is 44.2 Å². The lowest BCUT2D eigenvalue weighted by Gasteiger charge is -2.29. The summed E-state index contributed by atoms with van der Waals surface area (Å²) in [4.78, 5) is 27.0. The van der Waals surface area contributed by atoms with Crippen molar-refractivity contribution in [2.45, 2.75) is 46.2 Å². The number of hydrogen-bond donors (Lipinski definition) is 1. The average molecular weight is 490 g/mol. The minimum Gasteiger partial charge on any atom is -0.497 e. The summed E-state index contributed by atoms with van der Waals surface area (Å²) < 4.78 is 31.4. The maximum Gasteiger partial charge on any atom is 0.242 e. The Kier molecular flexibility index (Phi) is 9.49. The van der Waals surface area contributed by atoms with Crippen molar-refractivity contribution in [1.82, 2.24) is 10.2 Å². The van der Waals surface area contributed by atoms with Crippen molar-refractivity contribution in [2.24, 2.45) is 0 Å². The number of aryl methyl sites for hydroxylation is 2. The van der Waals surface area contributed by atoms with E-state index >= 15 is 0 Å². The van der Waals surface area contributed by atoms with Crippen molar-refractivity contribution < 1.29 is 22.7 Å². The van der Waals surface area contributed by atoms with Crippen LogP contribution in [0.4, 0.5) is 5.69 Å².